The minimum Gasteiger partial charge on any atom is -0.496 e. The third-order valence-electron chi connectivity index (χ3n) is 3.75. The molecule has 4 nitrogen and oxygen atoms in total. The Morgan fingerprint density at radius 3 is 2.15 bits per heavy atom. The van der Waals surface area contributed by atoms with E-state index in [0.717, 1.165) is 12.8 Å². The maximum atomic E-state index is 12.0. The van der Waals surface area contributed by atoms with E-state index in [1.165, 1.54) is 12.8 Å². The van der Waals surface area contributed by atoms with Crippen LogP contribution < -0.4 is 14.2 Å². The predicted molar refractivity (Wildman–Crippen MR) is 76.6 cm³/mol. The zero-order valence-corrected chi connectivity index (χ0v) is 12.2. The number of hydrogen-bond donors (Lipinski definition) is 0. The van der Waals surface area contributed by atoms with Crippen LogP contribution in [-0.4, -0.2) is 26.6 Å². The summed E-state index contributed by atoms with van der Waals surface area (Å²) >= 11 is 0. The monoisotopic (exact) mass is 278 g/mol. The van der Waals surface area contributed by atoms with Crippen LogP contribution in [0.5, 0.6) is 17.2 Å². The molecule has 1 fully saturated rings. The Kier molecular flexibility index (Phi) is 5.27. The Bertz CT molecular complexity index is 428. The molecule has 0 spiro atoms. The molecule has 110 valence electrons. The van der Waals surface area contributed by atoms with Crippen molar-refractivity contribution in [2.75, 3.05) is 20.8 Å². The van der Waals surface area contributed by atoms with Crippen LogP contribution in [-0.2, 0) is 4.79 Å². The van der Waals surface area contributed by atoms with E-state index in [2.05, 4.69) is 0 Å². The molecule has 2 rings (SSSR count). The lowest BCUT2D eigenvalue weighted by Crippen LogP contribution is -2.14. The summed E-state index contributed by atoms with van der Waals surface area (Å²) in [4.78, 5) is 12.0. The Hall–Kier alpha value is -1.71. The van der Waals surface area contributed by atoms with Crippen LogP contribution in [0.15, 0.2) is 18.2 Å². The van der Waals surface area contributed by atoms with E-state index >= 15 is 0 Å². The first kappa shape index (κ1) is 14.7. The fourth-order valence-electron chi connectivity index (χ4n) is 2.59. The lowest BCUT2D eigenvalue weighted by Gasteiger charge is -2.11. The lowest BCUT2D eigenvalue weighted by atomic mass is 10.0. The van der Waals surface area contributed by atoms with Gasteiger partial charge in [-0.2, -0.15) is 0 Å². The van der Waals surface area contributed by atoms with Crippen molar-refractivity contribution < 1.29 is 19.0 Å². The zero-order chi connectivity index (χ0) is 14.4. The molecule has 0 atom stereocenters. The van der Waals surface area contributed by atoms with E-state index in [4.69, 9.17) is 14.2 Å². The second kappa shape index (κ2) is 7.17. The van der Waals surface area contributed by atoms with Gasteiger partial charge in [-0.05, 0) is 12.8 Å². The maximum absolute atomic E-state index is 12.0. The highest BCUT2D eigenvalue weighted by molar-refractivity contribution is 5.81. The largest absolute Gasteiger partial charge is 0.496 e. The SMILES string of the molecule is COc1cc(OC)cc(OCCC(=O)C2CCCC2)c1. The molecule has 1 aromatic rings. The first-order valence-corrected chi connectivity index (χ1v) is 7.11. The van der Waals surface area contributed by atoms with Crippen LogP contribution in [0, 0.1) is 5.92 Å². The van der Waals surface area contributed by atoms with Gasteiger partial charge in [-0.25, -0.2) is 0 Å². The molecule has 0 bridgehead atoms. The first-order chi connectivity index (χ1) is 9.72. The van der Waals surface area contributed by atoms with Gasteiger partial charge in [0.25, 0.3) is 0 Å². The Morgan fingerprint density at radius 1 is 1.05 bits per heavy atom. The lowest BCUT2D eigenvalue weighted by molar-refractivity contribution is -0.123. The average molecular weight is 278 g/mol. The number of rotatable bonds is 7. The molecular weight excluding hydrogens is 256 g/mol. The van der Waals surface area contributed by atoms with Crippen LogP contribution in [0.4, 0.5) is 0 Å². The number of ether oxygens (including phenoxy) is 3. The molecule has 0 radical (unpaired) electrons. The normalized spacial score (nSPS) is 15.1. The van der Waals surface area contributed by atoms with Gasteiger partial charge >= 0.3 is 0 Å². The van der Waals surface area contributed by atoms with Gasteiger partial charge in [0.1, 0.15) is 23.0 Å². The van der Waals surface area contributed by atoms with Crippen LogP contribution in [0.1, 0.15) is 32.1 Å². The quantitative estimate of drug-likeness (QED) is 0.768. The summed E-state index contributed by atoms with van der Waals surface area (Å²) < 4.78 is 16.0. The van der Waals surface area contributed by atoms with Gasteiger partial charge in [0.2, 0.25) is 0 Å². The Morgan fingerprint density at radius 2 is 1.60 bits per heavy atom. The number of methoxy groups -OCH3 is 2. The summed E-state index contributed by atoms with van der Waals surface area (Å²) in [5.74, 6) is 2.62. The van der Waals surface area contributed by atoms with Crippen molar-refractivity contribution in [2.45, 2.75) is 32.1 Å². The molecule has 0 amide bonds. The molecule has 0 aromatic heterocycles. The van der Waals surface area contributed by atoms with E-state index in [-0.39, 0.29) is 5.92 Å². The Labute approximate surface area is 120 Å². The number of benzene rings is 1. The van der Waals surface area contributed by atoms with Gasteiger partial charge in [0, 0.05) is 30.5 Å². The van der Waals surface area contributed by atoms with Gasteiger partial charge < -0.3 is 14.2 Å². The molecule has 4 heteroatoms. The van der Waals surface area contributed by atoms with E-state index in [0.29, 0.717) is 36.1 Å². The number of carbonyl (C=O) groups excluding carboxylic acids is 1. The zero-order valence-electron chi connectivity index (χ0n) is 12.2. The highest BCUT2D eigenvalue weighted by Gasteiger charge is 2.22. The molecule has 0 aliphatic heterocycles. The average Bonchev–Trinajstić information content (AvgIpc) is 3.01. The molecule has 1 aromatic carbocycles. The van der Waals surface area contributed by atoms with E-state index in [9.17, 15) is 4.79 Å². The molecule has 0 N–H and O–H groups in total. The van der Waals surface area contributed by atoms with Crippen LogP contribution >= 0.6 is 0 Å². The van der Waals surface area contributed by atoms with Crippen molar-refractivity contribution in [1.29, 1.82) is 0 Å². The van der Waals surface area contributed by atoms with Gasteiger partial charge in [-0.1, -0.05) is 12.8 Å². The first-order valence-electron chi connectivity index (χ1n) is 7.11. The molecule has 1 saturated carbocycles. The molecule has 0 saturated heterocycles. The second-order valence-corrected chi connectivity index (χ2v) is 5.09. The van der Waals surface area contributed by atoms with E-state index < -0.39 is 0 Å². The van der Waals surface area contributed by atoms with Crippen molar-refractivity contribution in [3.05, 3.63) is 18.2 Å². The summed E-state index contributed by atoms with van der Waals surface area (Å²) in [7, 11) is 3.20. The fraction of sp³-hybridized carbons (Fsp3) is 0.562. The smallest absolute Gasteiger partial charge is 0.139 e. The summed E-state index contributed by atoms with van der Waals surface area (Å²) in [6.45, 7) is 0.408. The fourth-order valence-corrected chi connectivity index (χ4v) is 2.59. The summed E-state index contributed by atoms with van der Waals surface area (Å²) in [6, 6.07) is 5.38. The minimum absolute atomic E-state index is 0.262. The molecule has 0 heterocycles. The highest BCUT2D eigenvalue weighted by atomic mass is 16.5. The van der Waals surface area contributed by atoms with Crippen molar-refractivity contribution >= 4 is 5.78 Å². The standard InChI is InChI=1S/C16H22O4/c1-18-13-9-14(19-2)11-15(10-13)20-8-7-16(17)12-5-3-4-6-12/h9-12H,3-8H2,1-2H3. The number of hydrogen-bond acceptors (Lipinski definition) is 4. The van der Waals surface area contributed by atoms with Gasteiger partial charge in [-0.3, -0.25) is 4.79 Å². The van der Waals surface area contributed by atoms with Gasteiger partial charge in [0.15, 0.2) is 0 Å². The number of Topliss-reactive ketones (excluding diaryl/α,β-unsaturated/α-hetero) is 1. The van der Waals surface area contributed by atoms with Crippen molar-refractivity contribution in [3.63, 3.8) is 0 Å². The summed E-state index contributed by atoms with van der Waals surface area (Å²) in [5.41, 5.74) is 0. The van der Waals surface area contributed by atoms with Gasteiger partial charge in [-0.15, -0.1) is 0 Å². The van der Waals surface area contributed by atoms with Crippen molar-refractivity contribution in [1.82, 2.24) is 0 Å². The minimum atomic E-state index is 0.262. The molecule has 1 aliphatic carbocycles. The number of ketones is 1. The van der Waals surface area contributed by atoms with Crippen LogP contribution in [0.2, 0.25) is 0 Å². The van der Waals surface area contributed by atoms with Crippen molar-refractivity contribution in [3.8, 4) is 17.2 Å². The third kappa shape index (κ3) is 3.89. The molecule has 20 heavy (non-hydrogen) atoms. The summed E-state index contributed by atoms with van der Waals surface area (Å²) in [5, 5.41) is 0. The van der Waals surface area contributed by atoms with Crippen LogP contribution in [0.3, 0.4) is 0 Å². The maximum Gasteiger partial charge on any atom is 0.139 e. The predicted octanol–water partition coefficient (Wildman–Crippen LogP) is 3.23. The third-order valence-corrected chi connectivity index (χ3v) is 3.75. The Balaban J connectivity index is 1.85. The highest BCUT2D eigenvalue weighted by Crippen LogP contribution is 2.28. The molecule has 0 unspecified atom stereocenters. The second-order valence-electron chi connectivity index (χ2n) is 5.09. The summed E-state index contributed by atoms with van der Waals surface area (Å²) in [6.07, 6.45) is 4.94. The topological polar surface area (TPSA) is 44.8 Å². The molecular formula is C16H22O4. The van der Waals surface area contributed by atoms with Crippen LogP contribution in [0.25, 0.3) is 0 Å². The van der Waals surface area contributed by atoms with Crippen molar-refractivity contribution in [2.24, 2.45) is 5.92 Å². The van der Waals surface area contributed by atoms with E-state index in [1.807, 2.05) is 0 Å². The van der Waals surface area contributed by atoms with Gasteiger partial charge in [0.05, 0.1) is 20.8 Å². The van der Waals surface area contributed by atoms with E-state index in [1.54, 1.807) is 32.4 Å². The molecule has 1 aliphatic rings. The number of carbonyl (C=O) groups is 1.